The van der Waals surface area contributed by atoms with E-state index in [9.17, 15) is 9.59 Å². The molecule has 1 saturated heterocycles. The average Bonchev–Trinajstić information content (AvgIpc) is 2.16. The van der Waals surface area contributed by atoms with E-state index in [4.69, 9.17) is 4.74 Å². The number of ether oxygens (including phenoxy) is 1. The van der Waals surface area contributed by atoms with Crippen molar-refractivity contribution < 1.29 is 14.3 Å². The molecule has 1 aliphatic carbocycles. The molecule has 15 heavy (non-hydrogen) atoms. The van der Waals surface area contributed by atoms with E-state index in [2.05, 4.69) is 0 Å². The van der Waals surface area contributed by atoms with E-state index < -0.39 is 0 Å². The second-order valence-electron chi connectivity index (χ2n) is 4.28. The Hall–Kier alpha value is -0.900. The molecule has 0 aromatic heterocycles. The summed E-state index contributed by atoms with van der Waals surface area (Å²) in [7, 11) is 0. The Kier molecular flexibility index (Phi) is 3.36. The molecule has 2 rings (SSSR count). The number of carbonyl (C=O) groups excluding carboxylic acids is 2. The third kappa shape index (κ3) is 2.78. The third-order valence-electron chi connectivity index (χ3n) is 3.17. The molecule has 0 atom stereocenters. The molecular formula is C11H17NO3. The number of ketones is 1. The van der Waals surface area contributed by atoms with Crippen molar-refractivity contribution in [2.75, 3.05) is 19.7 Å². The lowest BCUT2D eigenvalue weighted by Gasteiger charge is -2.29. The zero-order valence-electron chi connectivity index (χ0n) is 8.91. The molecule has 4 nitrogen and oxygen atoms in total. The van der Waals surface area contributed by atoms with Crippen LogP contribution in [0.25, 0.3) is 0 Å². The molecule has 0 aromatic carbocycles. The minimum Gasteiger partial charge on any atom is -0.368 e. The van der Waals surface area contributed by atoms with Gasteiger partial charge in [0.15, 0.2) is 0 Å². The zero-order valence-corrected chi connectivity index (χ0v) is 8.91. The number of hydrogen-bond acceptors (Lipinski definition) is 3. The van der Waals surface area contributed by atoms with E-state index in [1.54, 1.807) is 4.90 Å². The summed E-state index contributed by atoms with van der Waals surface area (Å²) in [6.07, 6.45) is 4.72. The van der Waals surface area contributed by atoms with Gasteiger partial charge in [-0.3, -0.25) is 9.59 Å². The van der Waals surface area contributed by atoms with Crippen LogP contribution < -0.4 is 0 Å². The van der Waals surface area contributed by atoms with Crippen LogP contribution in [0, 0.1) is 0 Å². The number of amides is 1. The number of hydrogen-bond donors (Lipinski definition) is 0. The van der Waals surface area contributed by atoms with Crippen LogP contribution in [0.1, 0.15) is 32.1 Å². The monoisotopic (exact) mass is 211 g/mol. The van der Waals surface area contributed by atoms with Gasteiger partial charge in [0.05, 0.1) is 6.10 Å². The predicted octanol–water partition coefficient (Wildman–Crippen LogP) is 0.747. The summed E-state index contributed by atoms with van der Waals surface area (Å²) in [6.45, 7) is 1.34. The fraction of sp³-hybridized carbons (Fsp3) is 0.818. The van der Waals surface area contributed by atoms with Gasteiger partial charge in [0.2, 0.25) is 5.91 Å². The van der Waals surface area contributed by atoms with Gasteiger partial charge in [-0.1, -0.05) is 0 Å². The fourth-order valence-corrected chi connectivity index (χ4v) is 1.82. The van der Waals surface area contributed by atoms with Gasteiger partial charge in [0.1, 0.15) is 12.4 Å². The summed E-state index contributed by atoms with van der Waals surface area (Å²) in [5.74, 6) is 0.299. The van der Waals surface area contributed by atoms with Crippen LogP contribution in [0.2, 0.25) is 0 Å². The van der Waals surface area contributed by atoms with Crippen molar-refractivity contribution in [2.24, 2.45) is 0 Å². The number of piperidine rings is 1. The van der Waals surface area contributed by atoms with Gasteiger partial charge in [-0.05, 0) is 19.3 Å². The molecule has 1 amide bonds. The summed E-state index contributed by atoms with van der Waals surface area (Å²) < 4.78 is 5.44. The first-order chi connectivity index (χ1) is 7.25. The zero-order chi connectivity index (χ0) is 10.7. The summed E-state index contributed by atoms with van der Waals surface area (Å²) in [5, 5.41) is 0. The largest absolute Gasteiger partial charge is 0.368 e. The number of nitrogens with zero attached hydrogens (tertiary/aromatic N) is 1. The molecule has 0 aromatic rings. The molecule has 0 radical (unpaired) electrons. The second kappa shape index (κ2) is 4.75. The van der Waals surface area contributed by atoms with E-state index in [0.29, 0.717) is 32.0 Å². The van der Waals surface area contributed by atoms with Crippen molar-refractivity contribution >= 4 is 11.7 Å². The van der Waals surface area contributed by atoms with Crippen molar-refractivity contribution in [2.45, 2.75) is 38.2 Å². The molecule has 1 aliphatic heterocycles. The van der Waals surface area contributed by atoms with Crippen molar-refractivity contribution in [1.82, 2.24) is 4.90 Å². The Labute approximate surface area is 89.6 Å². The Morgan fingerprint density at radius 1 is 1.33 bits per heavy atom. The van der Waals surface area contributed by atoms with Crippen LogP contribution in [0.15, 0.2) is 0 Å². The third-order valence-corrected chi connectivity index (χ3v) is 3.17. The van der Waals surface area contributed by atoms with Crippen LogP contribution in [-0.4, -0.2) is 42.4 Å². The maximum Gasteiger partial charge on any atom is 0.248 e. The van der Waals surface area contributed by atoms with Crippen molar-refractivity contribution in [1.29, 1.82) is 0 Å². The summed E-state index contributed by atoms with van der Waals surface area (Å²) in [6, 6.07) is 0. The topological polar surface area (TPSA) is 46.6 Å². The van der Waals surface area contributed by atoms with E-state index >= 15 is 0 Å². The van der Waals surface area contributed by atoms with Crippen molar-refractivity contribution in [3.63, 3.8) is 0 Å². The summed E-state index contributed by atoms with van der Waals surface area (Å²) >= 11 is 0. The van der Waals surface area contributed by atoms with Gasteiger partial charge >= 0.3 is 0 Å². The number of rotatable bonds is 3. The maximum absolute atomic E-state index is 11.6. The molecule has 2 aliphatic rings. The number of likely N-dealkylation sites (tertiary alicyclic amines) is 1. The number of carbonyl (C=O) groups is 2. The molecule has 0 bridgehead atoms. The van der Waals surface area contributed by atoms with Gasteiger partial charge in [0.25, 0.3) is 0 Å². The van der Waals surface area contributed by atoms with Crippen molar-refractivity contribution in [3.05, 3.63) is 0 Å². The first kappa shape index (κ1) is 10.6. The van der Waals surface area contributed by atoms with Gasteiger partial charge in [-0.25, -0.2) is 0 Å². The number of Topliss-reactive ketones (excluding diaryl/α,β-unsaturated/α-hetero) is 1. The highest BCUT2D eigenvalue weighted by atomic mass is 16.5. The summed E-state index contributed by atoms with van der Waals surface area (Å²) in [5.41, 5.74) is 0. The van der Waals surface area contributed by atoms with Crippen LogP contribution in [-0.2, 0) is 14.3 Å². The van der Waals surface area contributed by atoms with Gasteiger partial charge in [-0.15, -0.1) is 0 Å². The summed E-state index contributed by atoms with van der Waals surface area (Å²) in [4.78, 5) is 24.4. The van der Waals surface area contributed by atoms with E-state index in [-0.39, 0.29) is 18.3 Å². The van der Waals surface area contributed by atoms with Crippen molar-refractivity contribution in [3.8, 4) is 0 Å². The average molecular weight is 211 g/mol. The first-order valence-corrected chi connectivity index (χ1v) is 5.67. The van der Waals surface area contributed by atoms with Gasteiger partial charge in [0, 0.05) is 25.9 Å². The second-order valence-corrected chi connectivity index (χ2v) is 4.28. The minimum atomic E-state index is 0.0365. The van der Waals surface area contributed by atoms with Crippen LogP contribution in [0.3, 0.4) is 0 Å². The Morgan fingerprint density at radius 3 is 2.53 bits per heavy atom. The lowest BCUT2D eigenvalue weighted by molar-refractivity contribution is -0.142. The quantitative estimate of drug-likeness (QED) is 0.692. The molecule has 1 saturated carbocycles. The Bertz CT molecular complexity index is 251. The van der Waals surface area contributed by atoms with Gasteiger partial charge in [-0.2, -0.15) is 0 Å². The van der Waals surface area contributed by atoms with Crippen LogP contribution in [0.4, 0.5) is 0 Å². The lowest BCUT2D eigenvalue weighted by atomic mass is 9.96. The molecule has 1 heterocycles. The Morgan fingerprint density at radius 2 is 2.00 bits per heavy atom. The fourth-order valence-electron chi connectivity index (χ4n) is 1.82. The highest BCUT2D eigenvalue weighted by Crippen LogP contribution is 2.21. The molecule has 0 N–H and O–H groups in total. The van der Waals surface area contributed by atoms with Crippen LogP contribution >= 0.6 is 0 Å². The molecule has 0 spiro atoms. The van der Waals surface area contributed by atoms with Gasteiger partial charge < -0.3 is 9.64 Å². The standard InChI is InChI=1S/C11H17NO3/c13-9-4-6-12(7-5-9)11(14)8-15-10-2-1-3-10/h10H,1-8H2. The maximum atomic E-state index is 11.6. The van der Waals surface area contributed by atoms with E-state index in [0.717, 1.165) is 12.8 Å². The minimum absolute atomic E-state index is 0.0365. The molecule has 2 fully saturated rings. The lowest BCUT2D eigenvalue weighted by Crippen LogP contribution is -2.41. The molecular weight excluding hydrogens is 194 g/mol. The predicted molar refractivity (Wildman–Crippen MR) is 54.4 cm³/mol. The Balaban J connectivity index is 1.68. The highest BCUT2D eigenvalue weighted by molar-refractivity contribution is 5.83. The smallest absolute Gasteiger partial charge is 0.248 e. The van der Waals surface area contributed by atoms with E-state index in [1.807, 2.05) is 0 Å². The van der Waals surface area contributed by atoms with E-state index in [1.165, 1.54) is 6.42 Å². The molecule has 4 heteroatoms. The van der Waals surface area contributed by atoms with Crippen LogP contribution in [0.5, 0.6) is 0 Å². The SMILES string of the molecule is O=C1CCN(C(=O)COC2CCC2)CC1. The first-order valence-electron chi connectivity index (χ1n) is 5.67. The highest BCUT2D eigenvalue weighted by Gasteiger charge is 2.23. The molecule has 84 valence electrons. The normalized spacial score (nSPS) is 22.7. The molecule has 0 unspecified atom stereocenters.